The second-order valence-electron chi connectivity index (χ2n) is 5.67. The largest absolute Gasteiger partial charge is 0.424 e. The first-order valence-corrected chi connectivity index (χ1v) is 9.07. The van der Waals surface area contributed by atoms with Crippen LogP contribution in [0.4, 0.5) is 14.9 Å². The SMILES string of the molecule is O=C1NC(=Nc2ccc(F)cc2)/C(=C/c2cccc(Oc3ncccn3)c2)S1. The predicted octanol–water partition coefficient (Wildman–Crippen LogP) is 4.94. The molecular formula is C20H13FN4O2S. The topological polar surface area (TPSA) is 76.5 Å². The van der Waals surface area contributed by atoms with E-state index in [4.69, 9.17) is 4.74 Å². The molecule has 1 fully saturated rings. The van der Waals surface area contributed by atoms with Crippen molar-refractivity contribution in [2.45, 2.75) is 0 Å². The van der Waals surface area contributed by atoms with Crippen LogP contribution in [0.15, 0.2) is 76.9 Å². The first kappa shape index (κ1) is 17.9. The van der Waals surface area contributed by atoms with E-state index in [2.05, 4.69) is 20.3 Å². The second-order valence-corrected chi connectivity index (χ2v) is 6.68. The molecule has 1 amide bonds. The molecule has 6 nitrogen and oxygen atoms in total. The lowest BCUT2D eigenvalue weighted by Gasteiger charge is -2.04. The molecule has 0 atom stereocenters. The maximum absolute atomic E-state index is 13.1. The van der Waals surface area contributed by atoms with E-state index >= 15 is 0 Å². The number of nitrogens with zero attached hydrogens (tertiary/aromatic N) is 3. The number of rotatable bonds is 4. The maximum atomic E-state index is 13.1. The average molecular weight is 392 g/mol. The van der Waals surface area contributed by atoms with Crippen LogP contribution in [-0.2, 0) is 0 Å². The van der Waals surface area contributed by atoms with Crippen LogP contribution in [-0.4, -0.2) is 21.0 Å². The highest BCUT2D eigenvalue weighted by atomic mass is 32.2. The molecule has 1 saturated heterocycles. The van der Waals surface area contributed by atoms with Gasteiger partial charge in [-0.2, -0.15) is 0 Å². The summed E-state index contributed by atoms with van der Waals surface area (Å²) in [5.74, 6) is 0.642. The van der Waals surface area contributed by atoms with Crippen molar-refractivity contribution in [1.29, 1.82) is 0 Å². The van der Waals surface area contributed by atoms with Crippen LogP contribution in [0.1, 0.15) is 5.56 Å². The van der Waals surface area contributed by atoms with Crippen molar-refractivity contribution >= 4 is 34.6 Å². The fourth-order valence-electron chi connectivity index (χ4n) is 2.42. The van der Waals surface area contributed by atoms with Crippen LogP contribution >= 0.6 is 11.8 Å². The maximum Gasteiger partial charge on any atom is 0.321 e. The van der Waals surface area contributed by atoms with Crippen molar-refractivity contribution in [3.8, 4) is 11.8 Å². The van der Waals surface area contributed by atoms with Crippen LogP contribution in [0.5, 0.6) is 11.8 Å². The number of ether oxygens (including phenoxy) is 1. The van der Waals surface area contributed by atoms with E-state index in [0.717, 1.165) is 17.3 Å². The van der Waals surface area contributed by atoms with Crippen LogP contribution in [0, 0.1) is 5.82 Å². The summed E-state index contributed by atoms with van der Waals surface area (Å²) < 4.78 is 18.7. The molecule has 0 aliphatic carbocycles. The number of halogens is 1. The molecule has 3 aromatic rings. The minimum Gasteiger partial charge on any atom is -0.424 e. The van der Waals surface area contributed by atoms with E-state index < -0.39 is 0 Å². The predicted molar refractivity (Wildman–Crippen MR) is 106 cm³/mol. The molecule has 1 aliphatic heterocycles. The minimum absolute atomic E-state index is 0.225. The molecule has 1 N–H and O–H groups in total. The molecule has 8 heteroatoms. The third-order valence-corrected chi connectivity index (χ3v) is 4.45. The number of aromatic nitrogens is 2. The summed E-state index contributed by atoms with van der Waals surface area (Å²) in [6, 6.07) is 15.0. The summed E-state index contributed by atoms with van der Waals surface area (Å²) >= 11 is 1.04. The van der Waals surface area contributed by atoms with E-state index in [1.807, 2.05) is 24.3 Å². The summed E-state index contributed by atoms with van der Waals surface area (Å²) in [6.07, 6.45) is 5.02. The van der Waals surface area contributed by atoms with Gasteiger partial charge in [0.05, 0.1) is 10.6 Å². The molecule has 0 spiro atoms. The lowest BCUT2D eigenvalue weighted by molar-refractivity contribution is 0.265. The van der Waals surface area contributed by atoms with E-state index in [0.29, 0.717) is 22.2 Å². The first-order chi connectivity index (χ1) is 13.7. The van der Waals surface area contributed by atoms with Gasteiger partial charge in [-0.3, -0.25) is 4.79 Å². The highest BCUT2D eigenvalue weighted by molar-refractivity contribution is 8.18. The highest BCUT2D eigenvalue weighted by Gasteiger charge is 2.23. The lowest BCUT2D eigenvalue weighted by atomic mass is 10.2. The van der Waals surface area contributed by atoms with Gasteiger partial charge in [-0.05, 0) is 65.9 Å². The third-order valence-electron chi connectivity index (χ3n) is 3.63. The Morgan fingerprint density at radius 1 is 1.07 bits per heavy atom. The molecule has 2 heterocycles. The molecule has 28 heavy (non-hydrogen) atoms. The van der Waals surface area contributed by atoms with Gasteiger partial charge in [-0.25, -0.2) is 19.4 Å². The highest BCUT2D eigenvalue weighted by Crippen LogP contribution is 2.29. The van der Waals surface area contributed by atoms with E-state index in [-0.39, 0.29) is 17.1 Å². The number of hydrogen-bond acceptors (Lipinski definition) is 6. The van der Waals surface area contributed by atoms with Crippen LogP contribution in [0.2, 0.25) is 0 Å². The van der Waals surface area contributed by atoms with Crippen molar-refractivity contribution in [3.63, 3.8) is 0 Å². The zero-order valence-corrected chi connectivity index (χ0v) is 15.2. The van der Waals surface area contributed by atoms with Crippen molar-refractivity contribution in [2.75, 3.05) is 0 Å². The molecule has 1 aliphatic rings. The zero-order valence-electron chi connectivity index (χ0n) is 14.4. The Balaban J connectivity index is 1.60. The number of amidine groups is 1. The second kappa shape index (κ2) is 8.01. The molecule has 138 valence electrons. The Hall–Kier alpha value is -3.52. The minimum atomic E-state index is -0.344. The summed E-state index contributed by atoms with van der Waals surface area (Å²) in [6.45, 7) is 0. The Labute approximate surface area is 164 Å². The van der Waals surface area contributed by atoms with Gasteiger partial charge < -0.3 is 10.1 Å². The summed E-state index contributed by atoms with van der Waals surface area (Å²) in [7, 11) is 0. The van der Waals surface area contributed by atoms with E-state index in [1.54, 1.807) is 36.7 Å². The van der Waals surface area contributed by atoms with Gasteiger partial charge in [-0.15, -0.1) is 0 Å². The smallest absolute Gasteiger partial charge is 0.321 e. The third kappa shape index (κ3) is 4.41. The van der Waals surface area contributed by atoms with Gasteiger partial charge in [0.25, 0.3) is 5.24 Å². The number of aliphatic imine (C=N–C) groups is 1. The van der Waals surface area contributed by atoms with E-state index in [9.17, 15) is 9.18 Å². The van der Waals surface area contributed by atoms with Crippen LogP contribution in [0.3, 0.4) is 0 Å². The zero-order chi connectivity index (χ0) is 19.3. The van der Waals surface area contributed by atoms with Gasteiger partial charge in [0.1, 0.15) is 17.4 Å². The summed E-state index contributed by atoms with van der Waals surface area (Å²) in [4.78, 5) is 24.9. The quantitative estimate of drug-likeness (QED) is 0.681. The Kier molecular flexibility index (Phi) is 5.11. The van der Waals surface area contributed by atoms with Crippen molar-refractivity contribution in [1.82, 2.24) is 15.3 Å². The normalized spacial score (nSPS) is 16.4. The summed E-state index contributed by atoms with van der Waals surface area (Å²) in [5.41, 5.74) is 1.36. The van der Waals surface area contributed by atoms with Crippen molar-refractivity contribution < 1.29 is 13.9 Å². The lowest BCUT2D eigenvalue weighted by Crippen LogP contribution is -2.18. The number of carbonyl (C=O) groups is 1. The Bertz CT molecular complexity index is 1070. The fourth-order valence-corrected chi connectivity index (χ4v) is 3.16. The number of amides is 1. The first-order valence-electron chi connectivity index (χ1n) is 8.26. The number of hydrogen-bond donors (Lipinski definition) is 1. The van der Waals surface area contributed by atoms with Gasteiger partial charge in [-0.1, -0.05) is 12.1 Å². The molecule has 1 aromatic heterocycles. The van der Waals surface area contributed by atoms with Crippen molar-refractivity contribution in [3.05, 3.63) is 83.3 Å². The molecule has 0 bridgehead atoms. The number of benzene rings is 2. The van der Waals surface area contributed by atoms with Gasteiger partial charge in [0.15, 0.2) is 0 Å². The van der Waals surface area contributed by atoms with Gasteiger partial charge in [0.2, 0.25) is 0 Å². The molecular weight excluding hydrogens is 379 g/mol. The average Bonchev–Trinajstić information content (AvgIpc) is 3.03. The van der Waals surface area contributed by atoms with Crippen molar-refractivity contribution in [2.24, 2.45) is 4.99 Å². The molecule has 4 rings (SSSR count). The van der Waals surface area contributed by atoms with Crippen LogP contribution < -0.4 is 10.1 Å². The summed E-state index contributed by atoms with van der Waals surface area (Å²) in [5, 5.41) is 2.48. The Morgan fingerprint density at radius 2 is 1.86 bits per heavy atom. The van der Waals surface area contributed by atoms with Gasteiger partial charge >= 0.3 is 6.01 Å². The fraction of sp³-hybridized carbons (Fsp3) is 0. The number of nitrogens with one attached hydrogen (secondary N) is 1. The molecule has 2 aromatic carbocycles. The number of carbonyl (C=O) groups excluding carboxylic acids is 1. The van der Waals surface area contributed by atoms with E-state index in [1.165, 1.54) is 12.1 Å². The molecule has 0 saturated carbocycles. The van der Waals surface area contributed by atoms with Gasteiger partial charge in [0, 0.05) is 12.4 Å². The standard InChI is InChI=1S/C20H13FN4O2S/c21-14-5-7-15(8-6-14)24-18-17(28-20(26)25-18)12-13-3-1-4-16(11-13)27-19-22-9-2-10-23-19/h1-12H,(H,24,25,26)/b17-12-. The molecule has 0 radical (unpaired) electrons. The Morgan fingerprint density at radius 3 is 2.64 bits per heavy atom. The number of thioether (sulfide) groups is 1. The van der Waals surface area contributed by atoms with Crippen LogP contribution in [0.25, 0.3) is 6.08 Å². The monoisotopic (exact) mass is 392 g/mol. The molecule has 0 unspecified atom stereocenters.